The second-order valence-corrected chi connectivity index (χ2v) is 9.50. The van der Waals surface area contributed by atoms with E-state index in [9.17, 15) is 19.2 Å². The molecule has 32 heavy (non-hydrogen) atoms. The molecule has 0 aromatic heterocycles. The fraction of sp³-hybridized carbons (Fsp3) is 0.818. The Hall–Kier alpha value is -2.36. The monoisotopic (exact) mass is 459 g/mol. The molecule has 0 radical (unpaired) electrons. The molecule has 10 nitrogen and oxygen atoms in total. The van der Waals surface area contributed by atoms with Gasteiger partial charge < -0.3 is 25.4 Å². The molecule has 2 unspecified atom stereocenters. The van der Waals surface area contributed by atoms with Crippen molar-refractivity contribution in [3.63, 3.8) is 0 Å². The first-order valence-electron chi connectivity index (χ1n) is 11.3. The van der Waals surface area contributed by atoms with Crippen LogP contribution in [-0.2, 0) is 19.1 Å². The number of amides is 4. The SMILES string of the molecule is CCNC(=O)CCCNC(=O)OC(C)(C)C.CC[NH+]1C(=O)C1CCNC(=O)OC(C)(C)C. The third-order valence-corrected chi connectivity index (χ3v) is 4.08. The Bertz CT molecular complexity index is 623. The average Bonchev–Trinajstić information content (AvgIpc) is 3.25. The molecular weight excluding hydrogens is 416 g/mol. The number of carbonyl (C=O) groups is 4. The van der Waals surface area contributed by atoms with Crippen molar-refractivity contribution in [2.24, 2.45) is 0 Å². The van der Waals surface area contributed by atoms with Gasteiger partial charge in [-0.15, -0.1) is 0 Å². The number of quaternary nitrogens is 1. The van der Waals surface area contributed by atoms with Gasteiger partial charge in [-0.3, -0.25) is 9.69 Å². The van der Waals surface area contributed by atoms with E-state index in [4.69, 9.17) is 9.47 Å². The van der Waals surface area contributed by atoms with E-state index in [1.54, 1.807) is 20.8 Å². The lowest BCUT2D eigenvalue weighted by molar-refractivity contribution is -0.732. The number of carbonyl (C=O) groups excluding carboxylic acids is 4. The lowest BCUT2D eigenvalue weighted by Gasteiger charge is -2.19. The van der Waals surface area contributed by atoms with Crippen LogP contribution in [-0.4, -0.2) is 67.4 Å². The predicted octanol–water partition coefficient (Wildman–Crippen LogP) is 1.14. The van der Waals surface area contributed by atoms with Gasteiger partial charge in [-0.1, -0.05) is 0 Å². The summed E-state index contributed by atoms with van der Waals surface area (Å²) in [5, 5.41) is 7.93. The van der Waals surface area contributed by atoms with Crippen LogP contribution in [0.4, 0.5) is 9.59 Å². The highest BCUT2D eigenvalue weighted by Gasteiger charge is 2.52. The van der Waals surface area contributed by atoms with Crippen LogP contribution in [0.25, 0.3) is 0 Å². The Balaban J connectivity index is 0.000000601. The zero-order chi connectivity index (χ0) is 24.9. The first-order chi connectivity index (χ1) is 14.7. The molecule has 2 atom stereocenters. The largest absolute Gasteiger partial charge is 0.444 e. The van der Waals surface area contributed by atoms with Crippen LogP contribution in [0.1, 0.15) is 74.7 Å². The average molecular weight is 460 g/mol. The maximum Gasteiger partial charge on any atom is 0.407 e. The summed E-state index contributed by atoms with van der Waals surface area (Å²) in [6, 6.07) is 0.0833. The molecule has 10 heteroatoms. The highest BCUT2D eigenvalue weighted by atomic mass is 16.6. The zero-order valence-electron chi connectivity index (χ0n) is 21.0. The Morgan fingerprint density at radius 1 is 0.875 bits per heavy atom. The third kappa shape index (κ3) is 15.4. The molecule has 0 spiro atoms. The van der Waals surface area contributed by atoms with E-state index in [2.05, 4.69) is 16.0 Å². The Morgan fingerprint density at radius 2 is 1.38 bits per heavy atom. The second-order valence-electron chi connectivity index (χ2n) is 9.50. The molecule has 0 aliphatic carbocycles. The molecule has 0 aromatic rings. The van der Waals surface area contributed by atoms with Crippen LogP contribution >= 0.6 is 0 Å². The number of ether oxygens (including phenoxy) is 2. The van der Waals surface area contributed by atoms with Crippen molar-refractivity contribution < 1.29 is 33.6 Å². The van der Waals surface area contributed by atoms with Crippen molar-refractivity contribution in [1.29, 1.82) is 0 Å². The minimum Gasteiger partial charge on any atom is -0.444 e. The van der Waals surface area contributed by atoms with Crippen LogP contribution < -0.4 is 20.9 Å². The minimum absolute atomic E-state index is 0.00786. The molecule has 1 fully saturated rings. The number of nitrogens with one attached hydrogen (secondary N) is 4. The van der Waals surface area contributed by atoms with Gasteiger partial charge in [0.2, 0.25) is 11.9 Å². The first-order valence-corrected chi connectivity index (χ1v) is 11.3. The molecule has 1 saturated heterocycles. The molecule has 186 valence electrons. The second kappa shape index (κ2) is 13.9. The van der Waals surface area contributed by atoms with Gasteiger partial charge in [0, 0.05) is 32.5 Å². The van der Waals surface area contributed by atoms with E-state index in [0.717, 1.165) is 11.4 Å². The molecule has 0 saturated carbocycles. The smallest absolute Gasteiger partial charge is 0.407 e. The summed E-state index contributed by atoms with van der Waals surface area (Å²) in [5.74, 6) is 0.266. The van der Waals surface area contributed by atoms with Crippen LogP contribution in [0.3, 0.4) is 0 Å². The molecule has 1 rings (SSSR count). The van der Waals surface area contributed by atoms with Gasteiger partial charge in [0.25, 0.3) is 0 Å². The van der Waals surface area contributed by atoms with Gasteiger partial charge in [-0.05, 0) is 61.8 Å². The van der Waals surface area contributed by atoms with E-state index in [1.165, 1.54) is 0 Å². The van der Waals surface area contributed by atoms with E-state index in [1.807, 2.05) is 34.6 Å². The molecule has 4 N–H and O–H groups in total. The third-order valence-electron chi connectivity index (χ3n) is 4.08. The van der Waals surface area contributed by atoms with E-state index >= 15 is 0 Å². The maximum absolute atomic E-state index is 11.3. The first kappa shape index (κ1) is 29.6. The quantitative estimate of drug-likeness (QED) is 0.303. The lowest BCUT2D eigenvalue weighted by Crippen LogP contribution is -2.95. The van der Waals surface area contributed by atoms with Crippen molar-refractivity contribution >= 4 is 24.0 Å². The summed E-state index contributed by atoms with van der Waals surface area (Å²) >= 11 is 0. The summed E-state index contributed by atoms with van der Waals surface area (Å²) in [5.41, 5.74) is -0.955. The van der Waals surface area contributed by atoms with Gasteiger partial charge in [0.1, 0.15) is 11.2 Å². The van der Waals surface area contributed by atoms with Crippen molar-refractivity contribution in [3.8, 4) is 0 Å². The maximum atomic E-state index is 11.3. The molecule has 1 aliphatic heterocycles. The van der Waals surface area contributed by atoms with Crippen molar-refractivity contribution in [2.75, 3.05) is 26.2 Å². The fourth-order valence-electron chi connectivity index (χ4n) is 2.69. The van der Waals surface area contributed by atoms with Gasteiger partial charge in [-0.2, -0.15) is 0 Å². The van der Waals surface area contributed by atoms with Crippen LogP contribution in [0, 0.1) is 0 Å². The molecular formula is C22H43N4O6+. The number of likely N-dealkylation sites (N-methyl/N-ethyl adjacent to an activating group) is 1. The summed E-state index contributed by atoms with van der Waals surface area (Å²) in [4.78, 5) is 45.7. The number of alkyl carbamates (subject to hydrolysis) is 2. The molecule has 0 aromatic carbocycles. The predicted molar refractivity (Wildman–Crippen MR) is 121 cm³/mol. The van der Waals surface area contributed by atoms with Crippen LogP contribution in [0.5, 0.6) is 0 Å². The lowest BCUT2D eigenvalue weighted by atomic mass is 10.2. The topological polar surface area (TPSA) is 127 Å². The Kier molecular flexibility index (Phi) is 12.9. The Morgan fingerprint density at radius 3 is 1.78 bits per heavy atom. The van der Waals surface area contributed by atoms with Crippen LogP contribution in [0.15, 0.2) is 0 Å². The van der Waals surface area contributed by atoms with Crippen molar-refractivity contribution in [3.05, 3.63) is 0 Å². The van der Waals surface area contributed by atoms with E-state index in [0.29, 0.717) is 38.9 Å². The van der Waals surface area contributed by atoms with E-state index < -0.39 is 23.4 Å². The minimum atomic E-state index is -0.482. The fourth-order valence-corrected chi connectivity index (χ4v) is 2.69. The molecule has 1 aliphatic rings. The van der Waals surface area contributed by atoms with Gasteiger partial charge >= 0.3 is 18.1 Å². The van der Waals surface area contributed by atoms with E-state index in [-0.39, 0.29) is 17.9 Å². The van der Waals surface area contributed by atoms with Crippen molar-refractivity contribution in [2.45, 2.75) is 91.9 Å². The molecule has 1 heterocycles. The number of hydrogen-bond acceptors (Lipinski definition) is 6. The van der Waals surface area contributed by atoms with Gasteiger partial charge in [0.05, 0.1) is 6.54 Å². The van der Waals surface area contributed by atoms with Crippen LogP contribution in [0.2, 0.25) is 0 Å². The van der Waals surface area contributed by atoms with Gasteiger partial charge in [0.15, 0.2) is 0 Å². The Labute approximate surface area is 192 Å². The zero-order valence-corrected chi connectivity index (χ0v) is 21.0. The van der Waals surface area contributed by atoms with Gasteiger partial charge in [-0.25, -0.2) is 14.4 Å². The number of hydrogen-bond donors (Lipinski definition) is 4. The molecule has 4 amide bonds. The highest BCUT2D eigenvalue weighted by Crippen LogP contribution is 2.07. The summed E-state index contributed by atoms with van der Waals surface area (Å²) in [7, 11) is 0. The van der Waals surface area contributed by atoms with Crippen molar-refractivity contribution in [1.82, 2.24) is 16.0 Å². The summed E-state index contributed by atoms with van der Waals surface area (Å²) in [6.07, 6.45) is 0.873. The molecule has 0 bridgehead atoms. The number of rotatable bonds is 9. The summed E-state index contributed by atoms with van der Waals surface area (Å²) in [6.45, 7) is 17.1. The standard InChI is InChI=1S/C11H20N2O3.C11H22N2O3/c1-5-13-8(9(13)14)6-7-12-10(15)16-11(2,3)4;1-5-12-9(14)7-6-8-13-10(15)16-11(2,3)4/h8H,5-7H2,1-4H3,(H,12,15);5-8H2,1-4H3,(H,12,14)(H,13,15)/p+1. The normalized spacial score (nSPS) is 17.4. The summed E-state index contributed by atoms with van der Waals surface area (Å²) < 4.78 is 10.1. The highest BCUT2D eigenvalue weighted by molar-refractivity contribution is 5.82.